The minimum atomic E-state index is -1.02. The number of hydrogen-bond acceptors (Lipinski definition) is 2. The summed E-state index contributed by atoms with van der Waals surface area (Å²) in [6.07, 6.45) is 0. The third-order valence-corrected chi connectivity index (χ3v) is 3.47. The molecule has 0 aromatic heterocycles. The zero-order valence-corrected chi connectivity index (χ0v) is 12.3. The summed E-state index contributed by atoms with van der Waals surface area (Å²) in [5.41, 5.74) is 7.54. The minimum absolute atomic E-state index is 0.212. The van der Waals surface area contributed by atoms with Crippen LogP contribution in [0.25, 0.3) is 11.1 Å². The van der Waals surface area contributed by atoms with Crippen molar-refractivity contribution >= 4 is 5.69 Å². The van der Waals surface area contributed by atoms with Gasteiger partial charge in [0.25, 0.3) is 0 Å². The highest BCUT2D eigenvalue weighted by Crippen LogP contribution is 2.28. The number of ether oxygens (including phenoxy) is 1. The molecule has 0 heterocycles. The summed E-state index contributed by atoms with van der Waals surface area (Å²) in [6, 6.07) is 19.5. The van der Waals surface area contributed by atoms with Crippen LogP contribution in [0.15, 0.2) is 66.7 Å². The maximum absolute atomic E-state index is 13.5. The number of benzene rings is 3. The van der Waals surface area contributed by atoms with Gasteiger partial charge in [-0.15, -0.1) is 0 Å². The lowest BCUT2D eigenvalue weighted by molar-refractivity contribution is 0.306. The van der Waals surface area contributed by atoms with Crippen LogP contribution in [-0.2, 0) is 6.61 Å². The molecule has 0 radical (unpaired) electrons. The van der Waals surface area contributed by atoms with Gasteiger partial charge in [0.1, 0.15) is 12.4 Å². The largest absolute Gasteiger partial charge is 0.489 e. The Hall–Kier alpha value is -2.88. The fourth-order valence-corrected chi connectivity index (χ4v) is 2.28. The molecular weight excluding hydrogens is 296 g/mol. The number of nitrogens with two attached hydrogens (primary N) is 1. The van der Waals surface area contributed by atoms with E-state index in [4.69, 9.17) is 10.5 Å². The predicted molar refractivity (Wildman–Crippen MR) is 87.0 cm³/mol. The molecule has 0 aliphatic carbocycles. The van der Waals surface area contributed by atoms with E-state index in [2.05, 4.69) is 0 Å². The number of hydrogen-bond donors (Lipinski definition) is 1. The molecule has 0 unspecified atom stereocenters. The van der Waals surface area contributed by atoms with E-state index >= 15 is 0 Å². The lowest BCUT2D eigenvalue weighted by Gasteiger charge is -2.09. The van der Waals surface area contributed by atoms with Crippen molar-refractivity contribution in [2.75, 3.05) is 5.73 Å². The van der Waals surface area contributed by atoms with E-state index in [9.17, 15) is 8.78 Å². The van der Waals surface area contributed by atoms with Crippen molar-refractivity contribution < 1.29 is 13.5 Å². The second-order valence-electron chi connectivity index (χ2n) is 5.16. The van der Waals surface area contributed by atoms with Gasteiger partial charge in [-0.1, -0.05) is 42.5 Å². The van der Waals surface area contributed by atoms with E-state index in [1.807, 2.05) is 36.4 Å². The quantitative estimate of drug-likeness (QED) is 0.703. The van der Waals surface area contributed by atoms with Crippen molar-refractivity contribution in [1.29, 1.82) is 0 Å². The molecule has 0 aliphatic rings. The Morgan fingerprint density at radius 2 is 1.61 bits per heavy atom. The molecule has 0 spiro atoms. The molecule has 3 aromatic rings. The molecule has 2 N–H and O–H groups in total. The van der Waals surface area contributed by atoms with Crippen molar-refractivity contribution in [3.05, 3.63) is 83.9 Å². The normalized spacial score (nSPS) is 10.5. The lowest BCUT2D eigenvalue weighted by atomic mass is 10.0. The van der Waals surface area contributed by atoms with Gasteiger partial charge >= 0.3 is 0 Å². The highest BCUT2D eigenvalue weighted by Gasteiger charge is 2.10. The second-order valence-corrected chi connectivity index (χ2v) is 5.16. The highest BCUT2D eigenvalue weighted by atomic mass is 19.2. The molecule has 0 fully saturated rings. The first kappa shape index (κ1) is 15.0. The summed E-state index contributed by atoms with van der Waals surface area (Å²) >= 11 is 0. The molecule has 3 rings (SSSR count). The van der Waals surface area contributed by atoms with Crippen molar-refractivity contribution in [3.8, 4) is 16.9 Å². The third kappa shape index (κ3) is 3.48. The maximum atomic E-state index is 13.5. The summed E-state index contributed by atoms with van der Waals surface area (Å²) in [6.45, 7) is 0.435. The fourth-order valence-electron chi connectivity index (χ4n) is 2.28. The predicted octanol–water partition coefficient (Wildman–Crippen LogP) is 4.79. The van der Waals surface area contributed by atoms with Gasteiger partial charge < -0.3 is 10.5 Å². The van der Waals surface area contributed by atoms with E-state index in [-0.39, 0.29) is 5.69 Å². The van der Waals surface area contributed by atoms with Gasteiger partial charge in [-0.3, -0.25) is 0 Å². The van der Waals surface area contributed by atoms with E-state index in [0.29, 0.717) is 23.5 Å². The number of nitrogen functional groups attached to an aromatic ring is 1. The molecule has 4 heteroatoms. The second kappa shape index (κ2) is 6.48. The maximum Gasteiger partial charge on any atom is 0.181 e. The van der Waals surface area contributed by atoms with Crippen LogP contribution in [0.5, 0.6) is 5.75 Å². The van der Waals surface area contributed by atoms with E-state index in [1.165, 1.54) is 6.07 Å². The van der Waals surface area contributed by atoms with E-state index in [0.717, 1.165) is 11.6 Å². The van der Waals surface area contributed by atoms with Crippen molar-refractivity contribution in [2.24, 2.45) is 0 Å². The van der Waals surface area contributed by atoms with Crippen LogP contribution in [0.1, 0.15) is 5.56 Å². The van der Waals surface area contributed by atoms with Crippen molar-refractivity contribution in [3.63, 3.8) is 0 Å². The molecule has 116 valence electrons. The van der Waals surface area contributed by atoms with Crippen LogP contribution in [0.2, 0.25) is 0 Å². The SMILES string of the molecule is Nc1cc(-c2cccc(OCc3ccccc3)c2)cc(F)c1F. The Bertz CT molecular complexity index is 796. The molecule has 0 atom stereocenters. The molecule has 0 bridgehead atoms. The summed E-state index contributed by atoms with van der Waals surface area (Å²) in [5, 5.41) is 0. The van der Waals surface area contributed by atoms with Crippen LogP contribution >= 0.6 is 0 Å². The Morgan fingerprint density at radius 1 is 0.826 bits per heavy atom. The summed E-state index contributed by atoms with van der Waals surface area (Å²) in [5.74, 6) is -1.34. The van der Waals surface area contributed by atoms with Gasteiger partial charge in [0.2, 0.25) is 0 Å². The Kier molecular flexibility index (Phi) is 4.24. The van der Waals surface area contributed by atoms with Crippen LogP contribution in [0.3, 0.4) is 0 Å². The van der Waals surface area contributed by atoms with Gasteiger partial charge in [-0.05, 0) is 41.0 Å². The zero-order chi connectivity index (χ0) is 16.2. The van der Waals surface area contributed by atoms with Gasteiger partial charge in [-0.2, -0.15) is 0 Å². The van der Waals surface area contributed by atoms with Gasteiger partial charge in [0.15, 0.2) is 11.6 Å². The van der Waals surface area contributed by atoms with Gasteiger partial charge in [0.05, 0.1) is 5.69 Å². The number of halogens is 2. The Morgan fingerprint density at radius 3 is 2.35 bits per heavy atom. The average Bonchev–Trinajstić information content (AvgIpc) is 2.58. The molecule has 0 aliphatic heterocycles. The van der Waals surface area contributed by atoms with Crippen molar-refractivity contribution in [2.45, 2.75) is 6.61 Å². The fraction of sp³-hybridized carbons (Fsp3) is 0.0526. The van der Waals surface area contributed by atoms with Gasteiger partial charge in [0, 0.05) is 0 Å². The van der Waals surface area contributed by atoms with Crippen LogP contribution in [0, 0.1) is 11.6 Å². The topological polar surface area (TPSA) is 35.2 Å². The summed E-state index contributed by atoms with van der Waals surface area (Å²) in [7, 11) is 0. The minimum Gasteiger partial charge on any atom is -0.489 e. The van der Waals surface area contributed by atoms with E-state index < -0.39 is 11.6 Å². The Balaban J connectivity index is 1.82. The smallest absolute Gasteiger partial charge is 0.181 e. The van der Waals surface area contributed by atoms with Crippen LogP contribution < -0.4 is 10.5 Å². The van der Waals surface area contributed by atoms with Crippen LogP contribution in [-0.4, -0.2) is 0 Å². The molecule has 0 saturated carbocycles. The monoisotopic (exact) mass is 311 g/mol. The molecule has 0 saturated heterocycles. The summed E-state index contributed by atoms with van der Waals surface area (Å²) in [4.78, 5) is 0. The average molecular weight is 311 g/mol. The molecular formula is C19H15F2NO. The standard InChI is InChI=1S/C19H15F2NO/c20-17-10-15(11-18(22)19(17)21)14-7-4-8-16(9-14)23-12-13-5-2-1-3-6-13/h1-11H,12,22H2. The molecule has 2 nitrogen and oxygen atoms in total. The van der Waals surface area contributed by atoms with Crippen LogP contribution in [0.4, 0.5) is 14.5 Å². The number of rotatable bonds is 4. The zero-order valence-electron chi connectivity index (χ0n) is 12.3. The first-order valence-corrected chi connectivity index (χ1v) is 7.15. The lowest BCUT2D eigenvalue weighted by Crippen LogP contribution is -1.97. The molecule has 0 amide bonds. The van der Waals surface area contributed by atoms with Gasteiger partial charge in [-0.25, -0.2) is 8.78 Å². The highest BCUT2D eigenvalue weighted by molar-refractivity contribution is 5.69. The summed E-state index contributed by atoms with van der Waals surface area (Å²) < 4.78 is 32.5. The van der Waals surface area contributed by atoms with Crippen molar-refractivity contribution in [1.82, 2.24) is 0 Å². The first-order chi connectivity index (χ1) is 11.1. The third-order valence-electron chi connectivity index (χ3n) is 3.47. The molecule has 3 aromatic carbocycles. The first-order valence-electron chi connectivity index (χ1n) is 7.15. The van der Waals surface area contributed by atoms with E-state index in [1.54, 1.807) is 18.2 Å². The Labute approximate surface area is 133 Å². The number of anilines is 1. The molecule has 23 heavy (non-hydrogen) atoms.